The van der Waals surface area contributed by atoms with Gasteiger partial charge in [-0.2, -0.15) is 0 Å². The van der Waals surface area contributed by atoms with Crippen LogP contribution >= 0.6 is 0 Å². The molecule has 0 radical (unpaired) electrons. The van der Waals surface area contributed by atoms with Crippen LogP contribution in [0.2, 0.25) is 0 Å². The minimum absolute atomic E-state index is 0.0847. The molecule has 0 amide bonds. The van der Waals surface area contributed by atoms with E-state index in [1.54, 1.807) is 24.3 Å². The van der Waals surface area contributed by atoms with Gasteiger partial charge in [0.25, 0.3) is 0 Å². The summed E-state index contributed by atoms with van der Waals surface area (Å²) in [6.07, 6.45) is 0.938. The van der Waals surface area contributed by atoms with Crippen LogP contribution in [0.25, 0.3) is 0 Å². The van der Waals surface area contributed by atoms with E-state index in [1.807, 2.05) is 0 Å². The number of hydrogen-bond donors (Lipinski definition) is 2. The zero-order valence-corrected chi connectivity index (χ0v) is 11.8. The van der Waals surface area contributed by atoms with E-state index in [9.17, 15) is 18.3 Å². The number of carboxylic acid groups (broad SMARTS) is 1. The molecule has 1 aromatic carbocycles. The normalized spacial score (nSPS) is 26.9. The maximum atomic E-state index is 12.3. The topological polar surface area (TPSA) is 83.5 Å². The first kappa shape index (κ1) is 13.6. The standard InChI is InChI=1S/C14H17NO4S/c16-13(17)14(5-7-15-8-6-14)11-9-20(18,19)12-4-2-1-3-10(11)12/h1-4,11,15H,5-9H2,(H,16,17). The molecule has 20 heavy (non-hydrogen) atoms. The van der Waals surface area contributed by atoms with Gasteiger partial charge in [0.2, 0.25) is 0 Å². The maximum Gasteiger partial charge on any atom is 0.310 e. The van der Waals surface area contributed by atoms with Gasteiger partial charge >= 0.3 is 5.97 Å². The number of fused-ring (bicyclic) bond motifs is 1. The summed E-state index contributed by atoms with van der Waals surface area (Å²) in [5, 5.41) is 12.9. The lowest BCUT2D eigenvalue weighted by Gasteiger charge is -2.38. The van der Waals surface area contributed by atoms with Crippen LogP contribution in [0, 0.1) is 5.41 Å². The third-order valence-corrected chi connectivity index (χ3v) is 6.42. The monoisotopic (exact) mass is 295 g/mol. The van der Waals surface area contributed by atoms with Crippen molar-refractivity contribution < 1.29 is 18.3 Å². The summed E-state index contributed by atoms with van der Waals surface area (Å²) >= 11 is 0. The molecule has 1 aromatic rings. The van der Waals surface area contributed by atoms with E-state index in [0.29, 0.717) is 36.4 Å². The van der Waals surface area contributed by atoms with Crippen molar-refractivity contribution in [3.63, 3.8) is 0 Å². The quantitative estimate of drug-likeness (QED) is 0.851. The minimum Gasteiger partial charge on any atom is -0.481 e. The van der Waals surface area contributed by atoms with Crippen molar-refractivity contribution in [1.29, 1.82) is 0 Å². The largest absolute Gasteiger partial charge is 0.481 e. The van der Waals surface area contributed by atoms with Gasteiger partial charge in [0.1, 0.15) is 0 Å². The average Bonchev–Trinajstić information content (AvgIpc) is 2.72. The second kappa shape index (κ2) is 4.56. The molecule has 0 aromatic heterocycles. The molecule has 0 aliphatic carbocycles. The molecule has 1 saturated heterocycles. The number of piperidine rings is 1. The Morgan fingerprint density at radius 2 is 1.90 bits per heavy atom. The van der Waals surface area contributed by atoms with Gasteiger partial charge in [-0.15, -0.1) is 0 Å². The molecule has 5 nitrogen and oxygen atoms in total. The predicted octanol–water partition coefficient (Wildman–Crippen LogP) is 1.01. The van der Waals surface area contributed by atoms with Crippen molar-refractivity contribution in [2.45, 2.75) is 23.7 Å². The number of benzene rings is 1. The van der Waals surface area contributed by atoms with Gasteiger partial charge in [0.05, 0.1) is 16.1 Å². The first-order chi connectivity index (χ1) is 9.47. The van der Waals surface area contributed by atoms with Gasteiger partial charge in [-0.05, 0) is 37.6 Å². The average molecular weight is 295 g/mol. The molecular formula is C14H17NO4S. The number of rotatable bonds is 2. The van der Waals surface area contributed by atoms with Crippen LogP contribution in [-0.2, 0) is 14.6 Å². The van der Waals surface area contributed by atoms with Gasteiger partial charge in [-0.1, -0.05) is 18.2 Å². The van der Waals surface area contributed by atoms with Crippen LogP contribution in [0.15, 0.2) is 29.2 Å². The number of carboxylic acids is 1. The molecule has 0 saturated carbocycles. The lowest BCUT2D eigenvalue weighted by atomic mass is 9.67. The molecule has 0 bridgehead atoms. The van der Waals surface area contributed by atoms with Gasteiger partial charge in [-0.3, -0.25) is 4.79 Å². The number of sulfone groups is 1. The fourth-order valence-corrected chi connectivity index (χ4v) is 5.46. The van der Waals surface area contributed by atoms with Crippen molar-refractivity contribution in [1.82, 2.24) is 5.32 Å². The van der Waals surface area contributed by atoms with E-state index >= 15 is 0 Å². The number of nitrogens with one attached hydrogen (secondary N) is 1. The molecule has 6 heteroatoms. The summed E-state index contributed by atoms with van der Waals surface area (Å²) in [5.41, 5.74) is -0.290. The summed E-state index contributed by atoms with van der Waals surface area (Å²) < 4.78 is 24.5. The lowest BCUT2D eigenvalue weighted by Crippen LogP contribution is -2.46. The first-order valence-corrected chi connectivity index (χ1v) is 8.38. The van der Waals surface area contributed by atoms with E-state index in [2.05, 4.69) is 5.32 Å². The molecule has 2 N–H and O–H groups in total. The third-order valence-electron chi connectivity index (χ3n) is 4.60. The first-order valence-electron chi connectivity index (χ1n) is 6.73. The molecule has 1 atom stereocenters. The highest BCUT2D eigenvalue weighted by Crippen LogP contribution is 2.50. The second-order valence-electron chi connectivity index (χ2n) is 5.58. The van der Waals surface area contributed by atoms with Crippen molar-refractivity contribution in [3.05, 3.63) is 29.8 Å². The summed E-state index contributed by atoms with van der Waals surface area (Å²) in [7, 11) is -3.36. The SMILES string of the molecule is O=C(O)C1(C2CS(=O)(=O)c3ccccc32)CCNCC1. The Labute approximate surface area is 117 Å². The van der Waals surface area contributed by atoms with E-state index in [0.717, 1.165) is 0 Å². The van der Waals surface area contributed by atoms with Crippen LogP contribution in [0.3, 0.4) is 0 Å². The molecule has 2 heterocycles. The summed E-state index contributed by atoms with van der Waals surface area (Å²) in [4.78, 5) is 12.2. The summed E-state index contributed by atoms with van der Waals surface area (Å²) in [5.74, 6) is -1.40. The Bertz CT molecular complexity index is 647. The number of carbonyl (C=O) groups is 1. The molecular weight excluding hydrogens is 278 g/mol. The molecule has 2 aliphatic rings. The summed E-state index contributed by atoms with van der Waals surface area (Å²) in [6.45, 7) is 1.23. The summed E-state index contributed by atoms with van der Waals surface area (Å²) in [6, 6.07) is 6.82. The fraction of sp³-hybridized carbons (Fsp3) is 0.500. The highest BCUT2D eigenvalue weighted by molar-refractivity contribution is 7.91. The third kappa shape index (κ3) is 1.86. The molecule has 0 spiro atoms. The Kier molecular flexibility index (Phi) is 3.10. The predicted molar refractivity (Wildman–Crippen MR) is 73.4 cm³/mol. The zero-order valence-electron chi connectivity index (χ0n) is 11.0. The molecule has 3 rings (SSSR count). The number of hydrogen-bond acceptors (Lipinski definition) is 4. The van der Waals surface area contributed by atoms with Crippen molar-refractivity contribution in [3.8, 4) is 0 Å². The van der Waals surface area contributed by atoms with Crippen LogP contribution in [0.1, 0.15) is 24.3 Å². The van der Waals surface area contributed by atoms with E-state index in [1.165, 1.54) is 0 Å². The molecule has 1 unspecified atom stereocenters. The number of aliphatic carboxylic acids is 1. The molecule has 2 aliphatic heterocycles. The zero-order chi connectivity index (χ0) is 14.4. The van der Waals surface area contributed by atoms with Gasteiger partial charge in [0, 0.05) is 5.92 Å². The van der Waals surface area contributed by atoms with Gasteiger partial charge in [-0.25, -0.2) is 8.42 Å². The van der Waals surface area contributed by atoms with E-state index in [-0.39, 0.29) is 5.75 Å². The highest BCUT2D eigenvalue weighted by Gasteiger charge is 2.52. The van der Waals surface area contributed by atoms with E-state index < -0.39 is 27.1 Å². The molecule has 108 valence electrons. The maximum absolute atomic E-state index is 12.3. The minimum atomic E-state index is -3.36. The molecule has 1 fully saturated rings. The van der Waals surface area contributed by atoms with Crippen molar-refractivity contribution in [2.24, 2.45) is 5.41 Å². The Morgan fingerprint density at radius 3 is 2.55 bits per heavy atom. The van der Waals surface area contributed by atoms with Gasteiger partial charge in [0.15, 0.2) is 9.84 Å². The van der Waals surface area contributed by atoms with Crippen LogP contribution < -0.4 is 5.32 Å². The van der Waals surface area contributed by atoms with E-state index in [4.69, 9.17) is 0 Å². The van der Waals surface area contributed by atoms with Crippen LogP contribution in [-0.4, -0.2) is 38.3 Å². The van der Waals surface area contributed by atoms with Gasteiger partial charge < -0.3 is 10.4 Å². The van der Waals surface area contributed by atoms with Crippen molar-refractivity contribution >= 4 is 15.8 Å². The van der Waals surface area contributed by atoms with Crippen LogP contribution in [0.5, 0.6) is 0 Å². The lowest BCUT2D eigenvalue weighted by molar-refractivity contribution is -0.152. The second-order valence-corrected chi connectivity index (χ2v) is 7.59. The Hall–Kier alpha value is -1.40. The Morgan fingerprint density at radius 1 is 1.25 bits per heavy atom. The van der Waals surface area contributed by atoms with Crippen LogP contribution in [0.4, 0.5) is 0 Å². The fourth-order valence-electron chi connectivity index (χ4n) is 3.49. The highest BCUT2D eigenvalue weighted by atomic mass is 32.2. The Balaban J connectivity index is 2.13. The smallest absolute Gasteiger partial charge is 0.310 e. The van der Waals surface area contributed by atoms with Crippen molar-refractivity contribution in [2.75, 3.05) is 18.8 Å².